The molecule has 0 heterocycles. The first-order valence-corrected chi connectivity index (χ1v) is 6.69. The van der Waals surface area contributed by atoms with E-state index in [4.69, 9.17) is 0 Å². The first-order chi connectivity index (χ1) is 8.58. The Morgan fingerprint density at radius 1 is 1.39 bits per heavy atom. The van der Waals surface area contributed by atoms with Crippen molar-refractivity contribution in [1.82, 2.24) is 0 Å². The van der Waals surface area contributed by atoms with Crippen LogP contribution in [-0.4, -0.2) is 11.0 Å². The molecule has 1 atom stereocenters. The molecule has 0 radical (unpaired) electrons. The van der Waals surface area contributed by atoms with E-state index in [9.17, 15) is 9.90 Å². The molecule has 0 saturated heterocycles. The third kappa shape index (κ3) is 4.06. The number of nitrogens with one attached hydrogen (secondary N) is 1. The number of phenolic OH excluding ortho intramolecular Hbond substituents is 1. The highest BCUT2D eigenvalue weighted by Gasteiger charge is 2.16. The number of amides is 1. The SMILES string of the molecule is CCCC[C@@H](CC)C(=O)Nc1ccc(C)c(O)c1. The molecule has 0 unspecified atom stereocenters. The van der Waals surface area contributed by atoms with Gasteiger partial charge in [-0.1, -0.05) is 32.8 Å². The topological polar surface area (TPSA) is 49.3 Å². The van der Waals surface area contributed by atoms with Crippen molar-refractivity contribution >= 4 is 11.6 Å². The van der Waals surface area contributed by atoms with Crippen LogP contribution in [0.5, 0.6) is 5.75 Å². The molecule has 2 N–H and O–H groups in total. The van der Waals surface area contributed by atoms with Crippen LogP contribution in [0.2, 0.25) is 0 Å². The minimum absolute atomic E-state index is 0.0502. The second kappa shape index (κ2) is 7.04. The summed E-state index contributed by atoms with van der Waals surface area (Å²) in [5.74, 6) is 0.331. The molecule has 0 aliphatic heterocycles. The van der Waals surface area contributed by atoms with Crippen molar-refractivity contribution in [3.8, 4) is 5.75 Å². The average Bonchev–Trinajstić information content (AvgIpc) is 2.35. The van der Waals surface area contributed by atoms with Crippen molar-refractivity contribution in [2.24, 2.45) is 5.92 Å². The molecule has 1 aromatic carbocycles. The summed E-state index contributed by atoms with van der Waals surface area (Å²) in [6, 6.07) is 5.22. The van der Waals surface area contributed by atoms with E-state index in [0.717, 1.165) is 31.2 Å². The number of anilines is 1. The Kier molecular flexibility index (Phi) is 5.69. The average molecular weight is 249 g/mol. The second-order valence-electron chi connectivity index (χ2n) is 4.74. The Bertz CT molecular complexity index is 401. The Morgan fingerprint density at radius 3 is 2.67 bits per heavy atom. The summed E-state index contributed by atoms with van der Waals surface area (Å²) in [6.45, 7) is 5.99. The van der Waals surface area contributed by atoms with Gasteiger partial charge in [0.05, 0.1) is 0 Å². The molecule has 1 amide bonds. The number of phenols is 1. The standard InChI is InChI=1S/C15H23NO2/c1-4-6-7-12(5-2)15(18)16-13-9-8-11(3)14(17)10-13/h8-10,12,17H,4-7H2,1-3H3,(H,16,18)/t12-/m1/s1. The summed E-state index contributed by atoms with van der Waals surface area (Å²) in [5, 5.41) is 12.5. The summed E-state index contributed by atoms with van der Waals surface area (Å²) in [7, 11) is 0. The van der Waals surface area contributed by atoms with Gasteiger partial charge in [-0.25, -0.2) is 0 Å². The predicted octanol–water partition coefficient (Wildman–Crippen LogP) is 3.86. The van der Waals surface area contributed by atoms with E-state index < -0.39 is 0 Å². The minimum Gasteiger partial charge on any atom is -0.508 e. The van der Waals surface area contributed by atoms with Crippen LogP contribution < -0.4 is 5.32 Å². The second-order valence-corrected chi connectivity index (χ2v) is 4.74. The van der Waals surface area contributed by atoms with E-state index >= 15 is 0 Å². The van der Waals surface area contributed by atoms with Crippen molar-refractivity contribution in [1.29, 1.82) is 0 Å². The lowest BCUT2D eigenvalue weighted by molar-refractivity contribution is -0.120. The highest BCUT2D eigenvalue weighted by atomic mass is 16.3. The molecule has 18 heavy (non-hydrogen) atoms. The molecular weight excluding hydrogens is 226 g/mol. The van der Waals surface area contributed by atoms with Gasteiger partial charge in [0.15, 0.2) is 0 Å². The van der Waals surface area contributed by atoms with Gasteiger partial charge in [0.25, 0.3) is 0 Å². The highest BCUT2D eigenvalue weighted by molar-refractivity contribution is 5.92. The number of hydrogen-bond donors (Lipinski definition) is 2. The Labute approximate surface area is 109 Å². The van der Waals surface area contributed by atoms with Crippen LogP contribution in [0.1, 0.15) is 45.1 Å². The summed E-state index contributed by atoms with van der Waals surface area (Å²) >= 11 is 0. The number of aryl methyl sites for hydroxylation is 1. The summed E-state index contributed by atoms with van der Waals surface area (Å²) in [5.41, 5.74) is 1.48. The van der Waals surface area contributed by atoms with Gasteiger partial charge in [0, 0.05) is 17.7 Å². The molecular formula is C15H23NO2. The third-order valence-corrected chi connectivity index (χ3v) is 3.25. The molecule has 3 nitrogen and oxygen atoms in total. The van der Waals surface area contributed by atoms with E-state index in [-0.39, 0.29) is 17.6 Å². The number of carbonyl (C=O) groups excluding carboxylic acids is 1. The number of carbonyl (C=O) groups is 1. The molecule has 0 aromatic heterocycles. The largest absolute Gasteiger partial charge is 0.508 e. The predicted molar refractivity (Wildman–Crippen MR) is 74.8 cm³/mol. The van der Waals surface area contributed by atoms with Gasteiger partial charge in [0.1, 0.15) is 5.75 Å². The molecule has 1 rings (SSSR count). The van der Waals surface area contributed by atoms with Gasteiger partial charge in [-0.15, -0.1) is 0 Å². The van der Waals surface area contributed by atoms with Gasteiger partial charge in [-0.05, 0) is 31.4 Å². The Hall–Kier alpha value is -1.51. The van der Waals surface area contributed by atoms with E-state index in [1.54, 1.807) is 12.1 Å². The van der Waals surface area contributed by atoms with Crippen LogP contribution >= 0.6 is 0 Å². The number of hydrogen-bond acceptors (Lipinski definition) is 2. The zero-order valence-corrected chi connectivity index (χ0v) is 11.5. The molecule has 0 spiro atoms. The molecule has 0 bridgehead atoms. The number of aromatic hydroxyl groups is 1. The molecule has 0 aliphatic rings. The van der Waals surface area contributed by atoms with E-state index in [2.05, 4.69) is 12.2 Å². The zero-order chi connectivity index (χ0) is 13.5. The van der Waals surface area contributed by atoms with E-state index in [1.807, 2.05) is 19.9 Å². The zero-order valence-electron chi connectivity index (χ0n) is 11.5. The highest BCUT2D eigenvalue weighted by Crippen LogP contribution is 2.22. The van der Waals surface area contributed by atoms with Crippen molar-refractivity contribution in [3.05, 3.63) is 23.8 Å². The maximum atomic E-state index is 12.1. The molecule has 0 aliphatic carbocycles. The Balaban J connectivity index is 2.64. The lowest BCUT2D eigenvalue weighted by atomic mass is 9.98. The van der Waals surface area contributed by atoms with Crippen molar-refractivity contribution < 1.29 is 9.90 Å². The van der Waals surface area contributed by atoms with Gasteiger partial charge >= 0.3 is 0 Å². The smallest absolute Gasteiger partial charge is 0.227 e. The summed E-state index contributed by atoms with van der Waals surface area (Å²) in [4.78, 5) is 12.1. The number of rotatable bonds is 6. The van der Waals surface area contributed by atoms with E-state index in [1.165, 1.54) is 0 Å². The van der Waals surface area contributed by atoms with Crippen molar-refractivity contribution in [3.63, 3.8) is 0 Å². The van der Waals surface area contributed by atoms with Crippen LogP contribution in [0.15, 0.2) is 18.2 Å². The van der Waals surface area contributed by atoms with Crippen LogP contribution in [-0.2, 0) is 4.79 Å². The minimum atomic E-state index is 0.0502. The van der Waals surface area contributed by atoms with E-state index in [0.29, 0.717) is 5.69 Å². The van der Waals surface area contributed by atoms with Crippen molar-refractivity contribution in [2.45, 2.75) is 46.5 Å². The molecule has 1 aromatic rings. The van der Waals surface area contributed by atoms with Crippen LogP contribution in [0.4, 0.5) is 5.69 Å². The summed E-state index contributed by atoms with van der Waals surface area (Å²) in [6.07, 6.45) is 3.96. The number of unbranched alkanes of at least 4 members (excludes halogenated alkanes) is 1. The first kappa shape index (κ1) is 14.6. The quantitative estimate of drug-likeness (QED) is 0.804. The van der Waals surface area contributed by atoms with Crippen molar-refractivity contribution in [2.75, 3.05) is 5.32 Å². The lowest BCUT2D eigenvalue weighted by Crippen LogP contribution is -2.22. The summed E-state index contributed by atoms with van der Waals surface area (Å²) < 4.78 is 0. The first-order valence-electron chi connectivity index (χ1n) is 6.69. The Morgan fingerprint density at radius 2 is 2.11 bits per heavy atom. The van der Waals surface area contributed by atoms with Gasteiger partial charge in [-0.2, -0.15) is 0 Å². The molecule has 3 heteroatoms. The van der Waals surface area contributed by atoms with Gasteiger partial charge in [0.2, 0.25) is 5.91 Å². The lowest BCUT2D eigenvalue weighted by Gasteiger charge is -2.15. The van der Waals surface area contributed by atoms with Crippen LogP contribution in [0.3, 0.4) is 0 Å². The molecule has 100 valence electrons. The maximum Gasteiger partial charge on any atom is 0.227 e. The molecule has 0 fully saturated rings. The normalized spacial score (nSPS) is 12.2. The maximum absolute atomic E-state index is 12.1. The monoisotopic (exact) mass is 249 g/mol. The number of benzene rings is 1. The fraction of sp³-hybridized carbons (Fsp3) is 0.533. The van der Waals surface area contributed by atoms with Crippen LogP contribution in [0, 0.1) is 12.8 Å². The van der Waals surface area contributed by atoms with Crippen LogP contribution in [0.25, 0.3) is 0 Å². The van der Waals surface area contributed by atoms with Gasteiger partial charge in [-0.3, -0.25) is 4.79 Å². The molecule has 0 saturated carbocycles. The fourth-order valence-electron chi connectivity index (χ4n) is 1.90. The third-order valence-electron chi connectivity index (χ3n) is 3.25. The fourth-order valence-corrected chi connectivity index (χ4v) is 1.90. The van der Waals surface area contributed by atoms with Gasteiger partial charge < -0.3 is 10.4 Å².